The summed E-state index contributed by atoms with van der Waals surface area (Å²) in [5.41, 5.74) is 2.78. The molecule has 210 valence electrons. The average Bonchev–Trinajstić information content (AvgIpc) is 3.64. The van der Waals surface area contributed by atoms with E-state index in [4.69, 9.17) is 9.84 Å². The number of methoxy groups -OCH3 is 1. The lowest BCUT2D eigenvalue weighted by atomic mass is 9.99. The van der Waals surface area contributed by atoms with Gasteiger partial charge in [0.25, 0.3) is 0 Å². The van der Waals surface area contributed by atoms with Crippen LogP contribution in [0.15, 0.2) is 72.8 Å². The van der Waals surface area contributed by atoms with Gasteiger partial charge in [0.05, 0.1) is 29.5 Å². The molecule has 0 bridgehead atoms. The molecule has 0 radical (unpaired) electrons. The first-order valence-electron chi connectivity index (χ1n) is 13.4. The molecule has 10 heteroatoms. The molecular formula is C31H28F2N4O3S. The number of hydrogen-bond acceptors (Lipinski definition) is 5. The van der Waals surface area contributed by atoms with Gasteiger partial charge in [-0.2, -0.15) is 5.10 Å². The van der Waals surface area contributed by atoms with E-state index in [2.05, 4.69) is 0 Å². The molecule has 7 nitrogen and oxygen atoms in total. The lowest BCUT2D eigenvalue weighted by Crippen LogP contribution is -2.43. The fourth-order valence-electron chi connectivity index (χ4n) is 5.39. The van der Waals surface area contributed by atoms with Gasteiger partial charge in [0, 0.05) is 35.8 Å². The Morgan fingerprint density at radius 1 is 1.02 bits per heavy atom. The minimum absolute atomic E-state index is 0.000283. The van der Waals surface area contributed by atoms with E-state index in [1.807, 2.05) is 42.5 Å². The van der Waals surface area contributed by atoms with Crippen LogP contribution in [0, 0.1) is 11.6 Å². The van der Waals surface area contributed by atoms with E-state index in [1.165, 1.54) is 28.8 Å². The number of carbonyl (C=O) groups is 2. The van der Waals surface area contributed by atoms with Gasteiger partial charge in [-0.25, -0.2) is 13.5 Å². The van der Waals surface area contributed by atoms with Crippen molar-refractivity contribution >= 4 is 29.4 Å². The maximum Gasteiger partial charge on any atom is 0.242 e. The Morgan fingerprint density at radius 2 is 1.76 bits per heavy atom. The van der Waals surface area contributed by atoms with Crippen LogP contribution in [0.3, 0.4) is 0 Å². The number of halogens is 2. The summed E-state index contributed by atoms with van der Waals surface area (Å²) in [6.45, 7) is 1.14. The number of ether oxygens (including phenoxy) is 1. The molecule has 6 rings (SSSR count). The number of hydrogen-bond donors (Lipinski definition) is 0. The highest BCUT2D eigenvalue weighted by atomic mass is 32.2. The molecule has 0 saturated carbocycles. The highest BCUT2D eigenvalue weighted by Crippen LogP contribution is 2.49. The first-order valence-corrected chi connectivity index (χ1v) is 14.5. The minimum atomic E-state index is -0.710. The lowest BCUT2D eigenvalue weighted by molar-refractivity contribution is -0.130. The third kappa shape index (κ3) is 5.19. The maximum absolute atomic E-state index is 15.4. The Labute approximate surface area is 240 Å². The van der Waals surface area contributed by atoms with Crippen molar-refractivity contribution in [1.29, 1.82) is 0 Å². The zero-order chi connectivity index (χ0) is 28.5. The number of amides is 2. The number of rotatable bonds is 6. The van der Waals surface area contributed by atoms with Crippen molar-refractivity contribution in [2.45, 2.75) is 18.1 Å². The fraction of sp³-hybridized carbons (Fsp3) is 0.258. The fourth-order valence-corrected chi connectivity index (χ4v) is 6.61. The Bertz CT molecular complexity index is 1590. The van der Waals surface area contributed by atoms with E-state index in [-0.39, 0.29) is 29.7 Å². The van der Waals surface area contributed by atoms with Gasteiger partial charge in [-0.15, -0.1) is 11.8 Å². The van der Waals surface area contributed by atoms with E-state index < -0.39 is 16.9 Å². The Morgan fingerprint density at radius 3 is 2.44 bits per heavy atom. The number of likely N-dealkylation sites (tertiary alicyclic amines) is 1. The predicted octanol–water partition coefficient (Wildman–Crippen LogP) is 5.62. The molecule has 4 aromatic rings. The highest BCUT2D eigenvalue weighted by molar-refractivity contribution is 8.00. The van der Waals surface area contributed by atoms with E-state index in [0.717, 1.165) is 24.5 Å². The van der Waals surface area contributed by atoms with Crippen LogP contribution in [0.1, 0.15) is 29.2 Å². The molecular weight excluding hydrogens is 546 g/mol. The first-order chi connectivity index (χ1) is 19.9. The third-order valence-corrected chi connectivity index (χ3v) is 8.69. The van der Waals surface area contributed by atoms with Gasteiger partial charge in [0.15, 0.2) is 0 Å². The number of thioether (sulfide) groups is 1. The largest absolute Gasteiger partial charge is 0.497 e. The molecule has 0 spiro atoms. The molecule has 0 aliphatic carbocycles. The van der Waals surface area contributed by atoms with E-state index >= 15 is 4.39 Å². The van der Waals surface area contributed by atoms with Crippen molar-refractivity contribution in [3.63, 3.8) is 0 Å². The van der Waals surface area contributed by atoms with Crippen LogP contribution in [0.5, 0.6) is 5.75 Å². The first kappa shape index (κ1) is 27.0. The SMILES string of the molecule is COc1ccc(-n2nc(-c3ccccc3)c3c2N(CC(=O)N2CCCC2)C(=O)CS[C@@H]3c2ccc(F)cc2F)cc1. The number of anilines is 1. The van der Waals surface area contributed by atoms with Gasteiger partial charge in [-0.05, 0) is 43.2 Å². The van der Waals surface area contributed by atoms with E-state index in [9.17, 15) is 14.0 Å². The summed E-state index contributed by atoms with van der Waals surface area (Å²) in [6, 6.07) is 20.1. The van der Waals surface area contributed by atoms with Crippen molar-refractivity contribution in [3.8, 4) is 22.7 Å². The van der Waals surface area contributed by atoms with Crippen LogP contribution in [0.2, 0.25) is 0 Å². The Balaban J connectivity index is 1.61. The second-order valence-electron chi connectivity index (χ2n) is 9.99. The van der Waals surface area contributed by atoms with Gasteiger partial charge in [-0.1, -0.05) is 36.4 Å². The number of benzene rings is 3. The molecule has 2 amide bonds. The second-order valence-corrected chi connectivity index (χ2v) is 11.1. The van der Waals surface area contributed by atoms with E-state index in [0.29, 0.717) is 41.6 Å². The highest BCUT2D eigenvalue weighted by Gasteiger charge is 2.39. The molecule has 1 saturated heterocycles. The molecule has 0 N–H and O–H groups in total. The molecule has 0 unspecified atom stereocenters. The van der Waals surface area contributed by atoms with Crippen molar-refractivity contribution in [2.75, 3.05) is 37.4 Å². The van der Waals surface area contributed by atoms with Crippen molar-refractivity contribution in [2.24, 2.45) is 0 Å². The molecule has 41 heavy (non-hydrogen) atoms. The van der Waals surface area contributed by atoms with Gasteiger partial charge in [-0.3, -0.25) is 14.5 Å². The van der Waals surface area contributed by atoms with Crippen LogP contribution < -0.4 is 9.64 Å². The van der Waals surface area contributed by atoms with Gasteiger partial charge < -0.3 is 9.64 Å². The summed E-state index contributed by atoms with van der Waals surface area (Å²) >= 11 is 1.24. The standard InChI is InChI=1S/C31H28F2N4O3S/c1-40-23-12-10-22(11-13-23)37-31-28(29(34-37)20-7-3-2-4-8-20)30(24-14-9-21(32)17-25(24)33)41-19-27(39)36(31)18-26(38)35-15-5-6-16-35/h2-4,7-14,17,30H,5-6,15-16,18-19H2,1H3/t30-/m1/s1. The average molecular weight is 575 g/mol. The van der Waals surface area contributed by atoms with Crippen LogP contribution in [-0.4, -0.2) is 59.0 Å². The summed E-state index contributed by atoms with van der Waals surface area (Å²) in [5, 5.41) is 4.30. The number of nitrogens with zero attached hydrogens (tertiary/aromatic N) is 4. The lowest BCUT2D eigenvalue weighted by Gasteiger charge is -2.25. The Hall–Kier alpha value is -4.18. The van der Waals surface area contributed by atoms with Crippen molar-refractivity contribution in [1.82, 2.24) is 14.7 Å². The zero-order valence-corrected chi connectivity index (χ0v) is 23.2. The normalized spacial score (nSPS) is 17.0. The topological polar surface area (TPSA) is 67.7 Å². The summed E-state index contributed by atoms with van der Waals surface area (Å²) in [6.07, 6.45) is 1.85. The molecule has 3 aromatic carbocycles. The molecule has 3 heterocycles. The van der Waals surface area contributed by atoms with Crippen molar-refractivity contribution < 1.29 is 23.1 Å². The smallest absolute Gasteiger partial charge is 0.242 e. The third-order valence-electron chi connectivity index (χ3n) is 7.45. The second kappa shape index (κ2) is 11.4. The maximum atomic E-state index is 15.4. The minimum Gasteiger partial charge on any atom is -0.497 e. The Kier molecular flexibility index (Phi) is 7.49. The number of aromatic nitrogens is 2. The molecule has 2 aliphatic heterocycles. The van der Waals surface area contributed by atoms with Gasteiger partial charge in [0.2, 0.25) is 11.8 Å². The van der Waals surface area contributed by atoms with Crippen LogP contribution in [-0.2, 0) is 9.59 Å². The molecule has 1 aromatic heterocycles. The summed E-state index contributed by atoms with van der Waals surface area (Å²) < 4.78 is 36.3. The van der Waals surface area contributed by atoms with Crippen molar-refractivity contribution in [3.05, 3.63) is 95.6 Å². The predicted molar refractivity (Wildman–Crippen MR) is 154 cm³/mol. The molecule has 2 aliphatic rings. The molecule has 1 fully saturated rings. The number of fused-ring (bicyclic) bond motifs is 1. The molecule has 1 atom stereocenters. The summed E-state index contributed by atoms with van der Waals surface area (Å²) in [5.74, 6) is -0.792. The summed E-state index contributed by atoms with van der Waals surface area (Å²) in [7, 11) is 1.58. The quantitative estimate of drug-likeness (QED) is 0.299. The van der Waals surface area contributed by atoms with Gasteiger partial charge >= 0.3 is 0 Å². The zero-order valence-electron chi connectivity index (χ0n) is 22.4. The van der Waals surface area contributed by atoms with Crippen LogP contribution in [0.4, 0.5) is 14.6 Å². The van der Waals surface area contributed by atoms with Crippen LogP contribution >= 0.6 is 11.8 Å². The van der Waals surface area contributed by atoms with Crippen LogP contribution in [0.25, 0.3) is 16.9 Å². The monoisotopic (exact) mass is 574 g/mol. The van der Waals surface area contributed by atoms with E-state index in [1.54, 1.807) is 28.8 Å². The van der Waals surface area contributed by atoms with Gasteiger partial charge in [0.1, 0.15) is 29.7 Å². The summed E-state index contributed by atoms with van der Waals surface area (Å²) in [4.78, 5) is 30.5. The number of carbonyl (C=O) groups excluding carboxylic acids is 2.